The lowest BCUT2D eigenvalue weighted by Crippen LogP contribution is -2.54. The number of amides is 2. The summed E-state index contributed by atoms with van der Waals surface area (Å²) >= 11 is 17.7. The number of thiophene rings is 1. The molecule has 3 N–H and O–H groups in total. The number of nitrogens with one attached hydrogen (secondary N) is 1. The second-order valence-corrected chi connectivity index (χ2v) is 10.1. The van der Waals surface area contributed by atoms with Crippen molar-refractivity contribution < 1.29 is 19.1 Å². The third-order valence-corrected chi connectivity index (χ3v) is 7.32. The Bertz CT molecular complexity index is 1060. The number of hydrogen-bond donors (Lipinski definition) is 3. The number of benzene rings is 1. The Labute approximate surface area is 211 Å². The van der Waals surface area contributed by atoms with Crippen LogP contribution < -0.4 is 11.1 Å². The highest BCUT2D eigenvalue weighted by Crippen LogP contribution is 2.28. The van der Waals surface area contributed by atoms with E-state index in [2.05, 4.69) is 24.5 Å². The molecule has 3 atom stereocenters. The number of carbonyl (C=O) groups excluding carboxylic acids is 3. The minimum Gasteiger partial charge on any atom is -0.460 e. The molecule has 11 heteroatoms. The summed E-state index contributed by atoms with van der Waals surface area (Å²) in [7, 11) is 0. The third kappa shape index (κ3) is 6.30. The highest BCUT2D eigenvalue weighted by Gasteiger charge is 2.41. The molecule has 0 spiro atoms. The molecule has 1 aromatic carbocycles. The lowest BCUT2D eigenvalue weighted by atomic mass is 10.0. The van der Waals surface area contributed by atoms with Gasteiger partial charge in [0.1, 0.15) is 12.6 Å². The highest BCUT2D eigenvalue weighted by atomic mass is 35.5. The summed E-state index contributed by atoms with van der Waals surface area (Å²) in [6.45, 7) is 4.23. The van der Waals surface area contributed by atoms with Gasteiger partial charge in [0.2, 0.25) is 0 Å². The van der Waals surface area contributed by atoms with Crippen LogP contribution in [-0.2, 0) is 16.1 Å². The molecule has 1 saturated heterocycles. The standard InChI is InChI=1S/C22H23Cl2N3O4S2/c1-2-7-31-22(30)19(16-9-13(32)10-26-16)27(11-12-3-4-14(23)15(24)8-12)21(29)18-6-5-17(33-18)20(25)28/h2-6,8,13,16,19,26,32H,1,7,9-11H2,(H2,25,28)/t13-,16-,19?/m0/s1. The molecule has 1 unspecified atom stereocenters. The molecule has 0 aliphatic carbocycles. The number of primary amides is 1. The van der Waals surface area contributed by atoms with Crippen LogP contribution in [0.1, 0.15) is 31.3 Å². The van der Waals surface area contributed by atoms with E-state index in [0.717, 1.165) is 11.3 Å². The normalized spacial score (nSPS) is 18.5. The molecule has 2 amide bonds. The topological polar surface area (TPSA) is 102 Å². The summed E-state index contributed by atoms with van der Waals surface area (Å²) in [4.78, 5) is 40.3. The Balaban J connectivity index is 2.02. The SMILES string of the molecule is C=CCOC(=O)C([C@@H]1C[C@H](S)CN1)N(Cc1ccc(Cl)c(Cl)c1)C(=O)c1ccc(C(N)=O)s1. The van der Waals surface area contributed by atoms with Crippen molar-refractivity contribution in [3.05, 3.63) is 68.3 Å². The summed E-state index contributed by atoms with van der Waals surface area (Å²) in [6.07, 6.45) is 2.01. The molecule has 1 aromatic heterocycles. The van der Waals surface area contributed by atoms with Crippen LogP contribution in [0.15, 0.2) is 43.0 Å². The summed E-state index contributed by atoms with van der Waals surface area (Å²) < 4.78 is 5.36. The van der Waals surface area contributed by atoms with Gasteiger partial charge in [-0.05, 0) is 36.2 Å². The van der Waals surface area contributed by atoms with Crippen LogP contribution in [-0.4, -0.2) is 53.2 Å². The summed E-state index contributed by atoms with van der Waals surface area (Å²) in [6, 6.07) is 6.66. The first-order valence-corrected chi connectivity index (χ1v) is 12.1. The van der Waals surface area contributed by atoms with Gasteiger partial charge in [-0.15, -0.1) is 11.3 Å². The molecule has 0 saturated carbocycles. The zero-order valence-corrected chi connectivity index (χ0v) is 20.7. The molecular formula is C22H23Cl2N3O4S2. The van der Waals surface area contributed by atoms with Crippen LogP contribution in [0.5, 0.6) is 0 Å². The van der Waals surface area contributed by atoms with Crippen LogP contribution >= 0.6 is 47.2 Å². The molecule has 2 aromatic rings. The fourth-order valence-corrected chi connectivity index (χ4v) is 5.05. The minimum atomic E-state index is -0.955. The van der Waals surface area contributed by atoms with Gasteiger partial charge < -0.3 is 20.7 Å². The van der Waals surface area contributed by atoms with Crippen molar-refractivity contribution in [2.75, 3.05) is 13.2 Å². The summed E-state index contributed by atoms with van der Waals surface area (Å²) in [5.74, 6) is -1.65. The fourth-order valence-electron chi connectivity index (χ4n) is 3.58. The maximum absolute atomic E-state index is 13.6. The predicted octanol–water partition coefficient (Wildman–Crippen LogP) is 3.55. The van der Waals surface area contributed by atoms with Gasteiger partial charge in [-0.1, -0.05) is 41.9 Å². The molecule has 1 fully saturated rings. The molecular weight excluding hydrogens is 505 g/mol. The van der Waals surface area contributed by atoms with Gasteiger partial charge in [0.25, 0.3) is 11.8 Å². The lowest BCUT2D eigenvalue weighted by molar-refractivity contribution is -0.149. The molecule has 7 nitrogen and oxygen atoms in total. The van der Waals surface area contributed by atoms with E-state index in [1.807, 2.05) is 0 Å². The smallest absolute Gasteiger partial charge is 0.330 e. The Hall–Kier alpha value is -2.04. The Morgan fingerprint density at radius 3 is 2.58 bits per heavy atom. The third-order valence-electron chi connectivity index (χ3n) is 5.10. The number of hydrogen-bond acceptors (Lipinski definition) is 7. The van der Waals surface area contributed by atoms with E-state index in [1.165, 1.54) is 23.1 Å². The van der Waals surface area contributed by atoms with Gasteiger partial charge in [-0.2, -0.15) is 12.6 Å². The Kier molecular flexibility index (Phi) is 8.83. The van der Waals surface area contributed by atoms with Crippen molar-refractivity contribution in [3.63, 3.8) is 0 Å². The van der Waals surface area contributed by atoms with E-state index in [-0.39, 0.29) is 34.2 Å². The first-order chi connectivity index (χ1) is 15.7. The first-order valence-electron chi connectivity index (χ1n) is 10.0. The number of carbonyl (C=O) groups is 3. The van der Waals surface area contributed by atoms with E-state index in [0.29, 0.717) is 28.6 Å². The van der Waals surface area contributed by atoms with Crippen molar-refractivity contribution >= 4 is 65.0 Å². The average Bonchev–Trinajstić information content (AvgIpc) is 3.43. The molecule has 0 radical (unpaired) electrons. The van der Waals surface area contributed by atoms with Crippen LogP contribution in [0, 0.1) is 0 Å². The number of nitrogens with two attached hydrogens (primary N) is 1. The van der Waals surface area contributed by atoms with Gasteiger partial charge in [0, 0.05) is 24.4 Å². The predicted molar refractivity (Wildman–Crippen MR) is 133 cm³/mol. The van der Waals surface area contributed by atoms with Gasteiger partial charge in [-0.25, -0.2) is 4.79 Å². The maximum atomic E-state index is 13.6. The molecule has 1 aliphatic heterocycles. The van der Waals surface area contributed by atoms with Crippen LogP contribution in [0.3, 0.4) is 0 Å². The fraction of sp³-hybridized carbons (Fsp3) is 0.318. The minimum absolute atomic E-state index is 0.00594. The van der Waals surface area contributed by atoms with Crippen molar-refractivity contribution in [1.29, 1.82) is 0 Å². The van der Waals surface area contributed by atoms with E-state index < -0.39 is 23.8 Å². The largest absolute Gasteiger partial charge is 0.460 e. The van der Waals surface area contributed by atoms with Crippen LogP contribution in [0.2, 0.25) is 10.0 Å². The van der Waals surface area contributed by atoms with Crippen molar-refractivity contribution in [3.8, 4) is 0 Å². The summed E-state index contributed by atoms with van der Waals surface area (Å²) in [5.41, 5.74) is 6.03. The van der Waals surface area contributed by atoms with E-state index >= 15 is 0 Å². The monoisotopic (exact) mass is 527 g/mol. The zero-order valence-electron chi connectivity index (χ0n) is 17.5. The Morgan fingerprint density at radius 2 is 2.00 bits per heavy atom. The van der Waals surface area contributed by atoms with Gasteiger partial charge in [0.05, 0.1) is 19.8 Å². The summed E-state index contributed by atoms with van der Waals surface area (Å²) in [5, 5.41) is 3.99. The molecule has 0 bridgehead atoms. The van der Waals surface area contributed by atoms with Crippen molar-refractivity contribution in [1.82, 2.24) is 10.2 Å². The van der Waals surface area contributed by atoms with E-state index in [9.17, 15) is 14.4 Å². The highest BCUT2D eigenvalue weighted by molar-refractivity contribution is 7.81. The number of ether oxygens (including phenoxy) is 1. The second-order valence-electron chi connectivity index (χ2n) is 7.48. The number of thiol groups is 1. The molecule has 176 valence electrons. The first kappa shape index (κ1) is 25.6. The Morgan fingerprint density at radius 1 is 1.27 bits per heavy atom. The number of halogens is 2. The number of rotatable bonds is 9. The van der Waals surface area contributed by atoms with Crippen LogP contribution in [0.25, 0.3) is 0 Å². The molecule has 2 heterocycles. The second kappa shape index (κ2) is 11.4. The quantitative estimate of drug-likeness (QED) is 0.263. The van der Waals surface area contributed by atoms with Crippen molar-refractivity contribution in [2.45, 2.75) is 30.3 Å². The van der Waals surface area contributed by atoms with E-state index in [4.69, 9.17) is 33.7 Å². The molecule has 1 aliphatic rings. The average molecular weight is 528 g/mol. The van der Waals surface area contributed by atoms with Gasteiger partial charge >= 0.3 is 5.97 Å². The number of esters is 1. The van der Waals surface area contributed by atoms with E-state index in [1.54, 1.807) is 18.2 Å². The van der Waals surface area contributed by atoms with Crippen molar-refractivity contribution in [2.24, 2.45) is 5.73 Å². The zero-order chi connectivity index (χ0) is 24.1. The molecule has 3 rings (SSSR count). The van der Waals surface area contributed by atoms with Gasteiger partial charge in [0.15, 0.2) is 0 Å². The maximum Gasteiger partial charge on any atom is 0.330 e. The molecule has 33 heavy (non-hydrogen) atoms. The van der Waals surface area contributed by atoms with Gasteiger partial charge in [-0.3, -0.25) is 9.59 Å². The van der Waals surface area contributed by atoms with Crippen LogP contribution in [0.4, 0.5) is 0 Å². The number of nitrogens with zero attached hydrogens (tertiary/aromatic N) is 1. The lowest BCUT2D eigenvalue weighted by Gasteiger charge is -2.34.